The van der Waals surface area contributed by atoms with Gasteiger partial charge in [-0.3, -0.25) is 4.79 Å². The number of hydrogen-bond acceptors (Lipinski definition) is 4. The van der Waals surface area contributed by atoms with Gasteiger partial charge in [-0.2, -0.15) is 0 Å². The lowest BCUT2D eigenvalue weighted by Crippen LogP contribution is -2.49. The second-order valence-electron chi connectivity index (χ2n) is 14.2. The largest absolute Gasteiger partial charge is 0.394 e. The Labute approximate surface area is 292 Å². The van der Waals surface area contributed by atoms with E-state index in [2.05, 4.69) is 31.3 Å². The SMILES string of the molecule is CCCCCCCC/C=C\C/C=C\CC(O)C(=O)NC(CO)C(O)CCCCCCCCCCCCCCCCCCCCCCC. The number of carbonyl (C=O) groups is 1. The Bertz CT molecular complexity index is 694. The second-order valence-corrected chi connectivity index (χ2v) is 14.2. The van der Waals surface area contributed by atoms with Crippen LogP contribution in [0.15, 0.2) is 24.3 Å². The molecule has 0 aromatic carbocycles. The standard InChI is InChI=1S/C42H81NO4/c1-3-5-7-9-11-13-15-17-18-19-20-21-22-23-24-25-27-28-30-32-34-36-40(45)39(38-44)43-42(47)41(46)37-35-33-31-29-26-16-14-12-10-8-6-4-2/h26,29,33,35,39-41,44-46H,3-25,27-28,30-32,34,36-38H2,1-2H3,(H,43,47)/b29-26-,35-33-. The molecule has 0 saturated heterocycles. The summed E-state index contributed by atoms with van der Waals surface area (Å²) in [7, 11) is 0. The maximum atomic E-state index is 12.4. The molecule has 0 aromatic heterocycles. The van der Waals surface area contributed by atoms with E-state index in [0.717, 1.165) is 25.7 Å². The van der Waals surface area contributed by atoms with Gasteiger partial charge in [0.15, 0.2) is 0 Å². The number of hydrogen-bond donors (Lipinski definition) is 4. The third-order valence-corrected chi connectivity index (χ3v) is 9.58. The highest BCUT2D eigenvalue weighted by Crippen LogP contribution is 2.16. The molecule has 5 heteroatoms. The number of aliphatic hydroxyl groups is 3. The van der Waals surface area contributed by atoms with E-state index in [4.69, 9.17) is 0 Å². The van der Waals surface area contributed by atoms with Crippen LogP contribution in [0.5, 0.6) is 0 Å². The van der Waals surface area contributed by atoms with Gasteiger partial charge in [-0.15, -0.1) is 0 Å². The van der Waals surface area contributed by atoms with Crippen LogP contribution in [0, 0.1) is 0 Å². The van der Waals surface area contributed by atoms with Crippen molar-refractivity contribution in [3.8, 4) is 0 Å². The van der Waals surface area contributed by atoms with Gasteiger partial charge in [0.2, 0.25) is 5.91 Å². The molecule has 3 unspecified atom stereocenters. The first-order chi connectivity index (χ1) is 23.1. The molecular weight excluding hydrogens is 582 g/mol. The summed E-state index contributed by atoms with van der Waals surface area (Å²) in [6, 6.07) is -0.740. The highest BCUT2D eigenvalue weighted by molar-refractivity contribution is 5.81. The highest BCUT2D eigenvalue weighted by Gasteiger charge is 2.23. The Morgan fingerprint density at radius 2 is 0.915 bits per heavy atom. The first-order valence-electron chi connectivity index (χ1n) is 20.6. The molecule has 278 valence electrons. The highest BCUT2D eigenvalue weighted by atomic mass is 16.3. The predicted molar refractivity (Wildman–Crippen MR) is 204 cm³/mol. The summed E-state index contributed by atoms with van der Waals surface area (Å²) < 4.78 is 0. The van der Waals surface area contributed by atoms with Crippen LogP contribution >= 0.6 is 0 Å². The molecule has 47 heavy (non-hydrogen) atoms. The molecule has 0 fully saturated rings. The number of aliphatic hydroxyl groups excluding tert-OH is 3. The van der Waals surface area contributed by atoms with Crippen molar-refractivity contribution in [2.75, 3.05) is 6.61 Å². The minimum atomic E-state index is -1.18. The average Bonchev–Trinajstić information content (AvgIpc) is 3.07. The molecule has 0 bridgehead atoms. The Kier molecular flexibility index (Phi) is 36.7. The average molecular weight is 664 g/mol. The van der Waals surface area contributed by atoms with Gasteiger partial charge >= 0.3 is 0 Å². The minimum Gasteiger partial charge on any atom is -0.394 e. The van der Waals surface area contributed by atoms with Gasteiger partial charge in [-0.05, 0) is 25.7 Å². The minimum absolute atomic E-state index is 0.227. The summed E-state index contributed by atoms with van der Waals surface area (Å²) in [4.78, 5) is 12.4. The lowest BCUT2D eigenvalue weighted by atomic mass is 10.0. The molecule has 1 amide bonds. The number of unbranched alkanes of at least 4 members (excludes halogenated alkanes) is 26. The zero-order valence-corrected chi connectivity index (χ0v) is 31.4. The lowest BCUT2D eigenvalue weighted by molar-refractivity contribution is -0.131. The molecule has 0 saturated carbocycles. The zero-order valence-electron chi connectivity index (χ0n) is 31.4. The van der Waals surface area contributed by atoms with Crippen LogP contribution in [0.3, 0.4) is 0 Å². The number of carbonyl (C=O) groups excluding carboxylic acids is 1. The summed E-state index contributed by atoms with van der Waals surface area (Å²) in [5.41, 5.74) is 0. The lowest BCUT2D eigenvalue weighted by Gasteiger charge is -2.23. The normalized spacial score (nSPS) is 13.9. The number of rotatable bonds is 37. The van der Waals surface area contributed by atoms with Gasteiger partial charge in [0, 0.05) is 6.42 Å². The monoisotopic (exact) mass is 664 g/mol. The zero-order chi connectivity index (χ0) is 34.5. The van der Waals surface area contributed by atoms with Gasteiger partial charge in [0.05, 0.1) is 18.8 Å². The van der Waals surface area contributed by atoms with E-state index < -0.39 is 24.2 Å². The molecular formula is C42H81NO4. The summed E-state index contributed by atoms with van der Waals surface area (Å²) in [5, 5.41) is 33.1. The van der Waals surface area contributed by atoms with Crippen LogP contribution in [0.25, 0.3) is 0 Å². The van der Waals surface area contributed by atoms with Crippen LogP contribution in [0.2, 0.25) is 0 Å². The molecule has 0 spiro atoms. The van der Waals surface area contributed by atoms with E-state index in [-0.39, 0.29) is 13.0 Å². The Morgan fingerprint density at radius 3 is 1.34 bits per heavy atom. The fourth-order valence-electron chi connectivity index (χ4n) is 6.29. The molecule has 0 aliphatic rings. The third-order valence-electron chi connectivity index (χ3n) is 9.58. The third kappa shape index (κ3) is 33.1. The molecule has 5 nitrogen and oxygen atoms in total. The summed E-state index contributed by atoms with van der Waals surface area (Å²) in [6.07, 6.45) is 44.8. The predicted octanol–water partition coefficient (Wildman–Crippen LogP) is 11.4. The van der Waals surface area contributed by atoms with E-state index in [1.807, 2.05) is 12.2 Å². The smallest absolute Gasteiger partial charge is 0.249 e. The number of allylic oxidation sites excluding steroid dienone is 3. The van der Waals surface area contributed by atoms with E-state index in [1.54, 1.807) is 0 Å². The van der Waals surface area contributed by atoms with Crippen molar-refractivity contribution in [2.45, 2.75) is 231 Å². The molecule has 4 N–H and O–H groups in total. The maximum Gasteiger partial charge on any atom is 0.249 e. The molecule has 0 rings (SSSR count). The molecule has 0 aliphatic heterocycles. The Balaban J connectivity index is 3.66. The fourth-order valence-corrected chi connectivity index (χ4v) is 6.29. The molecule has 0 radical (unpaired) electrons. The first kappa shape index (κ1) is 45.8. The quantitative estimate of drug-likeness (QED) is 0.0393. The van der Waals surface area contributed by atoms with Crippen molar-refractivity contribution in [1.29, 1.82) is 0 Å². The molecule has 0 aromatic rings. The van der Waals surface area contributed by atoms with Crippen molar-refractivity contribution in [3.63, 3.8) is 0 Å². The second kappa shape index (κ2) is 37.6. The summed E-state index contributed by atoms with van der Waals surface area (Å²) in [6.45, 7) is 4.19. The van der Waals surface area contributed by atoms with E-state index in [9.17, 15) is 20.1 Å². The van der Waals surface area contributed by atoms with Crippen LogP contribution < -0.4 is 5.32 Å². The topological polar surface area (TPSA) is 89.8 Å². The Hall–Kier alpha value is -1.17. The first-order valence-corrected chi connectivity index (χ1v) is 20.6. The van der Waals surface area contributed by atoms with Crippen LogP contribution in [0.4, 0.5) is 0 Å². The van der Waals surface area contributed by atoms with Gasteiger partial charge < -0.3 is 20.6 Å². The number of nitrogens with one attached hydrogen (secondary N) is 1. The van der Waals surface area contributed by atoms with Crippen molar-refractivity contribution in [3.05, 3.63) is 24.3 Å². The molecule has 3 atom stereocenters. The molecule has 0 aliphatic carbocycles. The van der Waals surface area contributed by atoms with Crippen LogP contribution in [-0.4, -0.2) is 46.1 Å². The van der Waals surface area contributed by atoms with Crippen molar-refractivity contribution < 1.29 is 20.1 Å². The van der Waals surface area contributed by atoms with Crippen LogP contribution in [0.1, 0.15) is 213 Å². The van der Waals surface area contributed by atoms with Gasteiger partial charge in [0.25, 0.3) is 0 Å². The van der Waals surface area contributed by atoms with Gasteiger partial charge in [-0.1, -0.05) is 205 Å². The van der Waals surface area contributed by atoms with E-state index in [1.165, 1.54) is 161 Å². The van der Waals surface area contributed by atoms with E-state index in [0.29, 0.717) is 6.42 Å². The van der Waals surface area contributed by atoms with Gasteiger partial charge in [-0.25, -0.2) is 0 Å². The van der Waals surface area contributed by atoms with E-state index >= 15 is 0 Å². The summed E-state index contributed by atoms with van der Waals surface area (Å²) in [5.74, 6) is -0.537. The summed E-state index contributed by atoms with van der Waals surface area (Å²) >= 11 is 0. The van der Waals surface area contributed by atoms with Crippen molar-refractivity contribution in [2.24, 2.45) is 0 Å². The maximum absolute atomic E-state index is 12.4. The van der Waals surface area contributed by atoms with Crippen molar-refractivity contribution >= 4 is 5.91 Å². The molecule has 0 heterocycles. The van der Waals surface area contributed by atoms with Crippen LogP contribution in [-0.2, 0) is 4.79 Å². The fraction of sp³-hybridized carbons (Fsp3) is 0.881. The Morgan fingerprint density at radius 1 is 0.532 bits per heavy atom. The number of amides is 1. The van der Waals surface area contributed by atoms with Gasteiger partial charge in [0.1, 0.15) is 6.10 Å². The van der Waals surface area contributed by atoms with Crippen molar-refractivity contribution in [1.82, 2.24) is 5.32 Å².